The molecule has 2 fully saturated rings. The van der Waals surface area contributed by atoms with Crippen molar-refractivity contribution >= 4 is 11.8 Å². The van der Waals surface area contributed by atoms with Gasteiger partial charge in [-0.25, -0.2) is 0 Å². The van der Waals surface area contributed by atoms with Gasteiger partial charge < -0.3 is 15.1 Å². The summed E-state index contributed by atoms with van der Waals surface area (Å²) in [6, 6.07) is 0. The van der Waals surface area contributed by atoms with Crippen LogP contribution in [0.5, 0.6) is 0 Å². The largest absolute Gasteiger partial charge is 0.341 e. The topological polar surface area (TPSA) is 52.7 Å². The maximum absolute atomic E-state index is 12.1. The van der Waals surface area contributed by atoms with Crippen LogP contribution in [0.1, 0.15) is 19.8 Å². The summed E-state index contributed by atoms with van der Waals surface area (Å²) in [6.07, 6.45) is 2.18. The Labute approximate surface area is 108 Å². The Morgan fingerprint density at radius 2 is 1.78 bits per heavy atom. The Morgan fingerprint density at radius 3 is 2.28 bits per heavy atom. The minimum Gasteiger partial charge on any atom is -0.341 e. The van der Waals surface area contributed by atoms with Crippen LogP contribution in [0.15, 0.2) is 0 Å². The molecule has 5 heteroatoms. The number of carbonyl (C=O) groups is 2. The molecule has 0 aromatic heterocycles. The van der Waals surface area contributed by atoms with E-state index in [4.69, 9.17) is 0 Å². The van der Waals surface area contributed by atoms with Gasteiger partial charge in [0.05, 0.1) is 6.54 Å². The summed E-state index contributed by atoms with van der Waals surface area (Å²) in [6.45, 7) is 5.58. The maximum Gasteiger partial charge on any atom is 0.242 e. The second kappa shape index (κ2) is 5.69. The fourth-order valence-corrected chi connectivity index (χ4v) is 2.88. The summed E-state index contributed by atoms with van der Waals surface area (Å²) < 4.78 is 0. The van der Waals surface area contributed by atoms with Gasteiger partial charge in [-0.3, -0.25) is 9.59 Å². The lowest BCUT2D eigenvalue weighted by Gasteiger charge is -2.24. The highest BCUT2D eigenvalue weighted by Crippen LogP contribution is 2.27. The second-order valence-corrected chi connectivity index (χ2v) is 5.51. The van der Waals surface area contributed by atoms with E-state index < -0.39 is 0 Å². The van der Waals surface area contributed by atoms with Gasteiger partial charge in [-0.1, -0.05) is 0 Å². The molecule has 2 saturated heterocycles. The zero-order valence-corrected chi connectivity index (χ0v) is 11.3. The monoisotopic (exact) mass is 253 g/mol. The first kappa shape index (κ1) is 13.3. The van der Waals surface area contributed by atoms with Gasteiger partial charge in [0.2, 0.25) is 11.8 Å². The average molecular weight is 253 g/mol. The average Bonchev–Trinajstić information content (AvgIpc) is 2.67. The van der Waals surface area contributed by atoms with Crippen molar-refractivity contribution in [3.05, 3.63) is 0 Å². The van der Waals surface area contributed by atoms with Crippen molar-refractivity contribution in [3.8, 4) is 0 Å². The fourth-order valence-electron chi connectivity index (χ4n) is 2.88. The smallest absolute Gasteiger partial charge is 0.242 e. The zero-order chi connectivity index (χ0) is 13.1. The highest BCUT2D eigenvalue weighted by Gasteiger charge is 2.31. The number of likely N-dealkylation sites (N-methyl/N-ethyl adjacent to an activating group) is 1. The molecule has 0 aromatic carbocycles. The van der Waals surface area contributed by atoms with Crippen LogP contribution >= 0.6 is 0 Å². The van der Waals surface area contributed by atoms with Gasteiger partial charge in [0.15, 0.2) is 0 Å². The first-order chi connectivity index (χ1) is 8.58. The van der Waals surface area contributed by atoms with E-state index >= 15 is 0 Å². The fraction of sp³-hybridized carbons (Fsp3) is 0.846. The third-order valence-electron chi connectivity index (χ3n) is 4.28. The Hall–Kier alpha value is -1.10. The second-order valence-electron chi connectivity index (χ2n) is 5.51. The van der Waals surface area contributed by atoms with Crippen molar-refractivity contribution in [3.63, 3.8) is 0 Å². The lowest BCUT2D eigenvalue weighted by Crippen LogP contribution is -2.41. The molecule has 102 valence electrons. The van der Waals surface area contributed by atoms with E-state index in [-0.39, 0.29) is 18.4 Å². The third kappa shape index (κ3) is 3.02. The van der Waals surface area contributed by atoms with Gasteiger partial charge >= 0.3 is 0 Å². The number of likely N-dealkylation sites (tertiary alicyclic amines) is 1. The number of hydrogen-bond acceptors (Lipinski definition) is 3. The van der Waals surface area contributed by atoms with Gasteiger partial charge in [0, 0.05) is 27.1 Å². The normalized spacial score (nSPS) is 27.6. The standard InChI is InChI=1S/C13H23N3O2/c1-10(17)15(2)9-13(18)16-5-3-11-7-14-8-12(11)4-6-16/h11-12,14H,3-9H2,1-2H3/t11-,12+. The Morgan fingerprint density at radius 1 is 1.22 bits per heavy atom. The van der Waals surface area contributed by atoms with Crippen molar-refractivity contribution < 1.29 is 9.59 Å². The number of nitrogens with one attached hydrogen (secondary N) is 1. The molecule has 2 amide bonds. The molecule has 0 bridgehead atoms. The molecule has 5 nitrogen and oxygen atoms in total. The van der Waals surface area contributed by atoms with Crippen molar-refractivity contribution in [1.29, 1.82) is 0 Å². The Balaban J connectivity index is 1.86. The highest BCUT2D eigenvalue weighted by atomic mass is 16.2. The molecule has 2 heterocycles. The van der Waals surface area contributed by atoms with Gasteiger partial charge in [-0.2, -0.15) is 0 Å². The van der Waals surface area contributed by atoms with Crippen LogP contribution in [0.25, 0.3) is 0 Å². The number of fused-ring (bicyclic) bond motifs is 1. The van der Waals surface area contributed by atoms with E-state index in [1.807, 2.05) is 4.90 Å². The summed E-state index contributed by atoms with van der Waals surface area (Å²) in [5, 5.41) is 3.43. The molecule has 18 heavy (non-hydrogen) atoms. The number of amides is 2. The zero-order valence-electron chi connectivity index (χ0n) is 11.3. The van der Waals surface area contributed by atoms with E-state index in [1.54, 1.807) is 7.05 Å². The molecule has 0 saturated carbocycles. The molecular formula is C13H23N3O2. The van der Waals surface area contributed by atoms with Gasteiger partial charge in [0.25, 0.3) is 0 Å². The SMILES string of the molecule is CC(=O)N(C)CC(=O)N1CC[C@@H]2CNC[C@@H]2CC1. The van der Waals surface area contributed by atoms with E-state index in [0.717, 1.165) is 50.9 Å². The van der Waals surface area contributed by atoms with Crippen LogP contribution in [0.2, 0.25) is 0 Å². The van der Waals surface area contributed by atoms with Crippen LogP contribution in [0.4, 0.5) is 0 Å². The first-order valence-corrected chi connectivity index (χ1v) is 6.78. The number of nitrogens with zero attached hydrogens (tertiary/aromatic N) is 2. The molecule has 2 rings (SSSR count). The summed E-state index contributed by atoms with van der Waals surface area (Å²) in [5.74, 6) is 1.49. The quantitative estimate of drug-likeness (QED) is 0.749. The minimum atomic E-state index is -0.0563. The van der Waals surface area contributed by atoms with Gasteiger partial charge in [-0.15, -0.1) is 0 Å². The van der Waals surface area contributed by atoms with Crippen LogP contribution in [0.3, 0.4) is 0 Å². The van der Waals surface area contributed by atoms with Crippen LogP contribution in [0, 0.1) is 11.8 Å². The third-order valence-corrected chi connectivity index (χ3v) is 4.28. The predicted octanol–water partition coefficient (Wildman–Crippen LogP) is -0.0773. The number of carbonyl (C=O) groups excluding carboxylic acids is 2. The van der Waals surface area contributed by atoms with Gasteiger partial charge in [-0.05, 0) is 37.8 Å². The lowest BCUT2D eigenvalue weighted by molar-refractivity contribution is -0.138. The van der Waals surface area contributed by atoms with Crippen molar-refractivity contribution in [2.75, 3.05) is 39.8 Å². The molecule has 2 aliphatic heterocycles. The molecular weight excluding hydrogens is 230 g/mol. The summed E-state index contributed by atoms with van der Waals surface area (Å²) in [5.41, 5.74) is 0. The molecule has 0 aliphatic carbocycles. The summed E-state index contributed by atoms with van der Waals surface area (Å²) in [7, 11) is 1.68. The van der Waals surface area contributed by atoms with E-state index in [0.29, 0.717) is 0 Å². The minimum absolute atomic E-state index is 0.0563. The van der Waals surface area contributed by atoms with Crippen LogP contribution in [-0.4, -0.2) is 61.4 Å². The molecule has 2 atom stereocenters. The molecule has 0 unspecified atom stereocenters. The highest BCUT2D eigenvalue weighted by molar-refractivity contribution is 5.83. The first-order valence-electron chi connectivity index (χ1n) is 6.78. The maximum atomic E-state index is 12.1. The molecule has 0 aromatic rings. The summed E-state index contributed by atoms with van der Waals surface area (Å²) >= 11 is 0. The Kier molecular flexibility index (Phi) is 4.22. The van der Waals surface area contributed by atoms with Crippen molar-refractivity contribution in [2.45, 2.75) is 19.8 Å². The number of rotatable bonds is 2. The van der Waals surface area contributed by atoms with Crippen molar-refractivity contribution in [2.24, 2.45) is 11.8 Å². The molecule has 0 radical (unpaired) electrons. The number of hydrogen-bond donors (Lipinski definition) is 1. The molecule has 0 spiro atoms. The van der Waals surface area contributed by atoms with Crippen LogP contribution in [-0.2, 0) is 9.59 Å². The lowest BCUT2D eigenvalue weighted by atomic mass is 9.92. The van der Waals surface area contributed by atoms with Crippen molar-refractivity contribution in [1.82, 2.24) is 15.1 Å². The van der Waals surface area contributed by atoms with E-state index in [9.17, 15) is 9.59 Å². The predicted molar refractivity (Wildman–Crippen MR) is 69.0 cm³/mol. The summed E-state index contributed by atoms with van der Waals surface area (Å²) in [4.78, 5) is 26.6. The van der Waals surface area contributed by atoms with Gasteiger partial charge in [0.1, 0.15) is 0 Å². The Bertz CT molecular complexity index is 318. The molecule has 2 aliphatic rings. The van der Waals surface area contributed by atoms with Crippen LogP contribution < -0.4 is 5.32 Å². The van der Waals surface area contributed by atoms with E-state index in [1.165, 1.54) is 11.8 Å². The molecule has 1 N–H and O–H groups in total. The van der Waals surface area contributed by atoms with E-state index in [2.05, 4.69) is 5.32 Å².